The summed E-state index contributed by atoms with van der Waals surface area (Å²) < 4.78 is 5.29. The Kier molecular flexibility index (Phi) is 4.76. The third-order valence-electron chi connectivity index (χ3n) is 6.02. The molecule has 0 unspecified atom stereocenters. The van der Waals surface area contributed by atoms with Crippen LogP contribution in [0.4, 0.5) is 0 Å². The molecule has 1 aromatic carbocycles. The Hall–Kier alpha value is -1.85. The fourth-order valence-corrected chi connectivity index (χ4v) is 5.34. The summed E-state index contributed by atoms with van der Waals surface area (Å²) in [6.45, 7) is 0.598. The number of rotatable bonds is 3. The summed E-state index contributed by atoms with van der Waals surface area (Å²) in [7, 11) is 1.65. The van der Waals surface area contributed by atoms with Gasteiger partial charge in [-0.05, 0) is 48.4 Å². The summed E-state index contributed by atoms with van der Waals surface area (Å²) in [5.41, 5.74) is 0.426. The largest absolute Gasteiger partial charge is 0.497 e. The van der Waals surface area contributed by atoms with Gasteiger partial charge in [0.25, 0.3) is 5.91 Å². The number of aliphatic hydroxyl groups is 1. The quantitative estimate of drug-likeness (QED) is 0.877. The van der Waals surface area contributed by atoms with Crippen molar-refractivity contribution >= 4 is 17.2 Å². The van der Waals surface area contributed by atoms with E-state index >= 15 is 0 Å². The molecular weight excluding hydrogens is 346 g/mol. The molecule has 1 aliphatic heterocycles. The van der Waals surface area contributed by atoms with E-state index in [4.69, 9.17) is 4.74 Å². The summed E-state index contributed by atoms with van der Waals surface area (Å²) in [5.74, 6) is 0.968. The average molecular weight is 372 g/mol. The number of benzene rings is 1. The molecule has 0 spiro atoms. The number of hydrogen-bond donors (Lipinski definition) is 1. The standard InChI is InChI=1S/C21H25NO3S/c1-25-16-9-7-15(8-10-16)19-17-5-2-3-11-21(17,24)12-13-22(19)20(23)18-6-4-14-26-18/h4,6-10,14,17,19,24H,2-3,5,11-13H2,1H3/t17-,19+,21+/m1/s1. The third kappa shape index (κ3) is 3.03. The first-order valence-electron chi connectivity index (χ1n) is 9.33. The van der Waals surface area contributed by atoms with Gasteiger partial charge in [0.1, 0.15) is 5.75 Å². The molecule has 5 heteroatoms. The summed E-state index contributed by atoms with van der Waals surface area (Å²) >= 11 is 1.48. The Balaban J connectivity index is 1.73. The van der Waals surface area contributed by atoms with E-state index < -0.39 is 5.60 Å². The van der Waals surface area contributed by atoms with Crippen molar-refractivity contribution in [3.63, 3.8) is 0 Å². The van der Waals surface area contributed by atoms with E-state index in [9.17, 15) is 9.90 Å². The van der Waals surface area contributed by atoms with Gasteiger partial charge >= 0.3 is 0 Å². The molecule has 4 rings (SSSR count). The molecule has 0 bridgehead atoms. The first kappa shape index (κ1) is 17.6. The van der Waals surface area contributed by atoms with Crippen LogP contribution >= 0.6 is 11.3 Å². The molecule has 2 fully saturated rings. The van der Waals surface area contributed by atoms with Crippen molar-refractivity contribution in [3.05, 3.63) is 52.2 Å². The Morgan fingerprint density at radius 2 is 2.04 bits per heavy atom. The van der Waals surface area contributed by atoms with E-state index in [0.717, 1.165) is 41.9 Å². The number of likely N-dealkylation sites (tertiary alicyclic amines) is 1. The van der Waals surface area contributed by atoms with Crippen LogP contribution in [0.25, 0.3) is 0 Å². The van der Waals surface area contributed by atoms with E-state index in [1.807, 2.05) is 46.7 Å². The number of nitrogens with zero attached hydrogens (tertiary/aromatic N) is 1. The minimum absolute atomic E-state index is 0.0773. The molecule has 3 atom stereocenters. The first-order valence-corrected chi connectivity index (χ1v) is 10.2. The number of amides is 1. The minimum Gasteiger partial charge on any atom is -0.497 e. The van der Waals surface area contributed by atoms with Crippen molar-refractivity contribution in [1.29, 1.82) is 0 Å². The topological polar surface area (TPSA) is 49.8 Å². The molecule has 1 aliphatic carbocycles. The number of piperidine rings is 1. The van der Waals surface area contributed by atoms with Gasteiger partial charge in [0, 0.05) is 12.5 Å². The van der Waals surface area contributed by atoms with Crippen LogP contribution in [-0.2, 0) is 0 Å². The lowest BCUT2D eigenvalue weighted by Crippen LogP contribution is -2.56. The van der Waals surface area contributed by atoms with Crippen molar-refractivity contribution < 1.29 is 14.6 Å². The second-order valence-corrected chi connectivity index (χ2v) is 8.35. The van der Waals surface area contributed by atoms with Gasteiger partial charge in [-0.15, -0.1) is 11.3 Å². The number of hydrogen-bond acceptors (Lipinski definition) is 4. The maximum Gasteiger partial charge on any atom is 0.264 e. The Bertz CT molecular complexity index is 758. The van der Waals surface area contributed by atoms with Crippen LogP contribution in [-0.4, -0.2) is 35.2 Å². The maximum absolute atomic E-state index is 13.2. The van der Waals surface area contributed by atoms with Gasteiger partial charge in [0.05, 0.1) is 23.6 Å². The summed E-state index contributed by atoms with van der Waals surface area (Å²) in [4.78, 5) is 15.9. The molecule has 0 radical (unpaired) electrons. The summed E-state index contributed by atoms with van der Waals surface area (Å²) in [6.07, 6.45) is 4.65. The highest BCUT2D eigenvalue weighted by atomic mass is 32.1. The summed E-state index contributed by atoms with van der Waals surface area (Å²) in [6, 6.07) is 11.7. The van der Waals surface area contributed by atoms with Crippen LogP contribution in [0.5, 0.6) is 5.75 Å². The number of methoxy groups -OCH3 is 1. The van der Waals surface area contributed by atoms with Crippen LogP contribution in [0.15, 0.2) is 41.8 Å². The van der Waals surface area contributed by atoms with E-state index in [-0.39, 0.29) is 17.9 Å². The van der Waals surface area contributed by atoms with E-state index in [1.165, 1.54) is 11.3 Å². The first-order chi connectivity index (χ1) is 12.6. The molecule has 1 amide bonds. The molecule has 26 heavy (non-hydrogen) atoms. The van der Waals surface area contributed by atoms with E-state index in [2.05, 4.69) is 0 Å². The number of fused-ring (bicyclic) bond motifs is 1. The van der Waals surface area contributed by atoms with Gasteiger partial charge in [-0.25, -0.2) is 0 Å². The highest BCUT2D eigenvalue weighted by molar-refractivity contribution is 7.12. The molecule has 4 nitrogen and oxygen atoms in total. The highest BCUT2D eigenvalue weighted by Crippen LogP contribution is 2.49. The lowest BCUT2D eigenvalue weighted by atomic mass is 9.66. The zero-order chi connectivity index (χ0) is 18.1. The molecule has 1 saturated carbocycles. The Labute approximate surface area is 158 Å². The highest BCUT2D eigenvalue weighted by Gasteiger charge is 2.50. The molecule has 2 aromatic rings. The molecule has 2 aliphatic rings. The minimum atomic E-state index is -0.658. The number of carbonyl (C=O) groups is 1. The van der Waals surface area contributed by atoms with Crippen molar-refractivity contribution in [2.45, 2.75) is 43.7 Å². The fraction of sp³-hybridized carbons (Fsp3) is 0.476. The van der Waals surface area contributed by atoms with Gasteiger partial charge in [-0.1, -0.05) is 31.0 Å². The van der Waals surface area contributed by atoms with Crippen molar-refractivity contribution in [3.8, 4) is 5.75 Å². The van der Waals surface area contributed by atoms with E-state index in [0.29, 0.717) is 13.0 Å². The van der Waals surface area contributed by atoms with Crippen LogP contribution in [0.3, 0.4) is 0 Å². The van der Waals surface area contributed by atoms with Gasteiger partial charge in [0.15, 0.2) is 0 Å². The Morgan fingerprint density at radius 3 is 2.73 bits per heavy atom. The fourth-order valence-electron chi connectivity index (χ4n) is 4.66. The second-order valence-electron chi connectivity index (χ2n) is 7.40. The summed E-state index contributed by atoms with van der Waals surface area (Å²) in [5, 5.41) is 13.2. The zero-order valence-electron chi connectivity index (χ0n) is 15.1. The van der Waals surface area contributed by atoms with Crippen LogP contribution in [0, 0.1) is 5.92 Å². The monoisotopic (exact) mass is 371 g/mol. The van der Waals surface area contributed by atoms with Gasteiger partial charge in [-0.2, -0.15) is 0 Å². The molecule has 1 saturated heterocycles. The number of carbonyl (C=O) groups excluding carboxylic acids is 1. The Morgan fingerprint density at radius 1 is 1.23 bits per heavy atom. The average Bonchev–Trinajstić information content (AvgIpc) is 3.21. The number of thiophene rings is 1. The van der Waals surface area contributed by atoms with Gasteiger partial charge in [-0.3, -0.25) is 4.79 Å². The van der Waals surface area contributed by atoms with Crippen molar-refractivity contribution in [2.75, 3.05) is 13.7 Å². The lowest BCUT2D eigenvalue weighted by Gasteiger charge is -2.52. The maximum atomic E-state index is 13.2. The van der Waals surface area contributed by atoms with Gasteiger partial charge in [0.2, 0.25) is 0 Å². The predicted octanol–water partition coefficient (Wildman–Crippen LogP) is 4.27. The molecule has 2 heterocycles. The third-order valence-corrected chi connectivity index (χ3v) is 6.88. The van der Waals surface area contributed by atoms with E-state index in [1.54, 1.807) is 7.11 Å². The lowest BCUT2D eigenvalue weighted by molar-refractivity contribution is -0.114. The van der Waals surface area contributed by atoms with Crippen LogP contribution < -0.4 is 4.74 Å². The normalized spacial score (nSPS) is 28.5. The molecule has 138 valence electrons. The number of ether oxygens (including phenoxy) is 1. The van der Waals surface area contributed by atoms with Crippen molar-refractivity contribution in [1.82, 2.24) is 4.90 Å². The SMILES string of the molecule is COc1ccc([C@H]2[C@H]3CCCC[C@]3(O)CCN2C(=O)c2cccs2)cc1. The molecular formula is C21H25NO3S. The van der Waals surface area contributed by atoms with Crippen LogP contribution in [0.1, 0.15) is 53.4 Å². The zero-order valence-corrected chi connectivity index (χ0v) is 15.9. The van der Waals surface area contributed by atoms with Crippen molar-refractivity contribution in [2.24, 2.45) is 5.92 Å². The van der Waals surface area contributed by atoms with Gasteiger partial charge < -0.3 is 14.7 Å². The van der Waals surface area contributed by atoms with Crippen LogP contribution in [0.2, 0.25) is 0 Å². The predicted molar refractivity (Wildman–Crippen MR) is 103 cm³/mol. The smallest absolute Gasteiger partial charge is 0.264 e. The second kappa shape index (κ2) is 7.05. The molecule has 1 N–H and O–H groups in total. The molecule has 1 aromatic heterocycles.